The molecule has 11 heteroatoms. The number of aromatic nitrogens is 2. The first-order valence-electron chi connectivity index (χ1n) is 7.87. The van der Waals surface area contributed by atoms with Gasteiger partial charge >= 0.3 is 11.9 Å². The monoisotopic (exact) mass is 411 g/mol. The molecule has 0 spiro atoms. The highest BCUT2D eigenvalue weighted by atomic mass is 32.1. The Morgan fingerprint density at radius 3 is 2.44 bits per heavy atom. The number of esters is 2. The van der Waals surface area contributed by atoms with Crippen molar-refractivity contribution in [3.63, 3.8) is 0 Å². The molecule has 9 nitrogen and oxygen atoms in total. The molecule has 27 heavy (non-hydrogen) atoms. The van der Waals surface area contributed by atoms with Crippen molar-refractivity contribution in [2.45, 2.75) is 20.8 Å². The lowest BCUT2D eigenvalue weighted by atomic mass is 10.1. The van der Waals surface area contributed by atoms with Gasteiger partial charge in [-0.15, -0.1) is 11.3 Å². The first-order valence-corrected chi connectivity index (χ1v) is 9.09. The summed E-state index contributed by atoms with van der Waals surface area (Å²) in [5.74, 6) is -1.71. The predicted octanol–water partition coefficient (Wildman–Crippen LogP) is 2.61. The molecule has 0 aromatic carbocycles. The molecule has 0 aliphatic heterocycles. The van der Waals surface area contributed by atoms with E-state index >= 15 is 0 Å². The van der Waals surface area contributed by atoms with Gasteiger partial charge in [0.15, 0.2) is 4.77 Å². The van der Waals surface area contributed by atoms with Crippen molar-refractivity contribution in [1.29, 1.82) is 0 Å². The number of rotatable bonds is 6. The molecule has 2 aromatic rings. The molecule has 2 aromatic heterocycles. The quantitative estimate of drug-likeness (QED) is 0.378. The molecule has 0 saturated heterocycles. The number of H-pyrrole nitrogens is 2. The van der Waals surface area contributed by atoms with Crippen molar-refractivity contribution in [2.24, 2.45) is 4.99 Å². The zero-order chi connectivity index (χ0) is 20.1. The number of nitrogens with zero attached hydrogens (tertiary/aromatic N) is 1. The van der Waals surface area contributed by atoms with E-state index in [-0.39, 0.29) is 39.0 Å². The van der Waals surface area contributed by atoms with Gasteiger partial charge in [-0.2, -0.15) is 0 Å². The molecule has 0 aliphatic carbocycles. The number of aromatic amines is 2. The van der Waals surface area contributed by atoms with Crippen LogP contribution in [0.3, 0.4) is 0 Å². The normalized spacial score (nSPS) is 10.9. The van der Waals surface area contributed by atoms with Crippen LogP contribution in [0.15, 0.2) is 9.79 Å². The second kappa shape index (κ2) is 8.73. The third-order valence-corrected chi connectivity index (χ3v) is 4.72. The van der Waals surface area contributed by atoms with Crippen LogP contribution in [0, 0.1) is 11.7 Å². The first-order chi connectivity index (χ1) is 12.8. The highest BCUT2D eigenvalue weighted by Crippen LogP contribution is 2.36. The van der Waals surface area contributed by atoms with Crippen LogP contribution >= 0.6 is 23.6 Å². The summed E-state index contributed by atoms with van der Waals surface area (Å²) in [6.45, 7) is 5.22. The van der Waals surface area contributed by atoms with Crippen molar-refractivity contribution in [1.82, 2.24) is 9.97 Å². The largest absolute Gasteiger partial charge is 0.494 e. The average Bonchev–Trinajstić information content (AvgIpc) is 2.91. The van der Waals surface area contributed by atoms with Crippen LogP contribution < -0.4 is 5.56 Å². The predicted molar refractivity (Wildman–Crippen MR) is 102 cm³/mol. The van der Waals surface area contributed by atoms with Gasteiger partial charge in [0.1, 0.15) is 21.0 Å². The van der Waals surface area contributed by atoms with Crippen LogP contribution in [-0.4, -0.2) is 46.4 Å². The second-order valence-corrected chi connectivity index (χ2v) is 6.51. The van der Waals surface area contributed by atoms with Crippen molar-refractivity contribution in [3.05, 3.63) is 36.7 Å². The molecule has 0 aliphatic rings. The van der Waals surface area contributed by atoms with Gasteiger partial charge < -0.3 is 19.6 Å². The Labute approximate surface area is 162 Å². The van der Waals surface area contributed by atoms with Crippen molar-refractivity contribution >= 4 is 46.7 Å². The Morgan fingerprint density at radius 1 is 1.22 bits per heavy atom. The zero-order valence-corrected chi connectivity index (χ0v) is 16.4. The van der Waals surface area contributed by atoms with Crippen LogP contribution in [0.2, 0.25) is 0 Å². The van der Waals surface area contributed by atoms with Crippen LogP contribution in [0.4, 0.5) is 5.00 Å². The van der Waals surface area contributed by atoms with Gasteiger partial charge in [-0.25, -0.2) is 14.6 Å². The maximum atomic E-state index is 12.3. The summed E-state index contributed by atoms with van der Waals surface area (Å²) in [5.41, 5.74) is -0.366. The van der Waals surface area contributed by atoms with Gasteiger partial charge in [-0.1, -0.05) is 0 Å². The Hall–Kier alpha value is -2.79. The van der Waals surface area contributed by atoms with E-state index < -0.39 is 23.4 Å². The molecule has 2 heterocycles. The van der Waals surface area contributed by atoms with Gasteiger partial charge in [0.2, 0.25) is 5.88 Å². The molecule has 0 atom stereocenters. The second-order valence-electron chi connectivity index (χ2n) is 5.11. The Kier molecular flexibility index (Phi) is 6.64. The summed E-state index contributed by atoms with van der Waals surface area (Å²) in [4.78, 5) is 45.3. The fourth-order valence-electron chi connectivity index (χ4n) is 2.15. The number of hydrogen-bond acceptors (Lipinski definition) is 9. The van der Waals surface area contributed by atoms with E-state index in [9.17, 15) is 19.5 Å². The minimum atomic E-state index is -0.656. The maximum Gasteiger partial charge on any atom is 0.348 e. The van der Waals surface area contributed by atoms with Crippen molar-refractivity contribution in [2.75, 3.05) is 13.2 Å². The molecule has 0 unspecified atom stereocenters. The summed E-state index contributed by atoms with van der Waals surface area (Å²) < 4.78 is 9.97. The SMILES string of the molecule is CCOC(=O)c1sc(/N=C/c2c(O)[nH]c(=S)[nH]c2=O)c(C(=O)OCC)c1C. The van der Waals surface area contributed by atoms with E-state index in [1.807, 2.05) is 0 Å². The number of thiophene rings is 1. The third kappa shape index (κ3) is 4.49. The topological polar surface area (TPSA) is 134 Å². The number of aliphatic imine (C=N–C) groups is 1. The molecule has 0 amide bonds. The summed E-state index contributed by atoms with van der Waals surface area (Å²) >= 11 is 5.68. The van der Waals surface area contributed by atoms with Crippen molar-refractivity contribution in [3.8, 4) is 5.88 Å². The van der Waals surface area contributed by atoms with Gasteiger partial charge in [0.25, 0.3) is 5.56 Å². The van der Waals surface area contributed by atoms with Crippen molar-refractivity contribution < 1.29 is 24.2 Å². The summed E-state index contributed by atoms with van der Waals surface area (Å²) in [6.07, 6.45) is 1.07. The number of aromatic hydroxyl groups is 1. The molecule has 3 N–H and O–H groups in total. The van der Waals surface area contributed by atoms with E-state index in [4.69, 9.17) is 21.7 Å². The number of hydrogen-bond donors (Lipinski definition) is 3. The molecule has 0 radical (unpaired) electrons. The summed E-state index contributed by atoms with van der Waals surface area (Å²) in [7, 11) is 0. The van der Waals surface area contributed by atoms with E-state index in [1.165, 1.54) is 0 Å². The molecule has 2 rings (SSSR count). The highest BCUT2D eigenvalue weighted by molar-refractivity contribution is 7.71. The minimum Gasteiger partial charge on any atom is -0.494 e. The lowest BCUT2D eigenvalue weighted by Crippen LogP contribution is -2.13. The summed E-state index contributed by atoms with van der Waals surface area (Å²) in [5, 5.41) is 9.98. The van der Waals surface area contributed by atoms with Crippen LogP contribution in [-0.2, 0) is 9.47 Å². The lowest BCUT2D eigenvalue weighted by molar-refractivity contribution is 0.0527. The number of carbonyl (C=O) groups excluding carboxylic acids is 2. The molecule has 0 bridgehead atoms. The van der Waals surface area contributed by atoms with Gasteiger partial charge in [-0.3, -0.25) is 9.78 Å². The van der Waals surface area contributed by atoms with Crippen LogP contribution in [0.25, 0.3) is 0 Å². The molecule has 144 valence electrons. The standard InChI is InChI=1S/C16H17N3O6S2/c1-4-24-14(22)9-7(3)10(15(23)25-5-2)27-13(9)17-6-8-11(20)18-16(26)19-12(8)21/h6H,4-5H2,1-3H3,(H3,18,19,20,21,26)/b17-6+. The molecular weight excluding hydrogens is 394 g/mol. The first kappa shape index (κ1) is 20.5. The fraction of sp³-hybridized carbons (Fsp3) is 0.312. The Bertz CT molecular complexity index is 1020. The van der Waals surface area contributed by atoms with E-state index in [1.54, 1.807) is 20.8 Å². The molecule has 0 saturated carbocycles. The minimum absolute atomic E-state index is 0.0431. The van der Waals surface area contributed by atoms with Crippen LogP contribution in [0.5, 0.6) is 5.88 Å². The average molecular weight is 411 g/mol. The number of ether oxygens (including phenoxy) is 2. The highest BCUT2D eigenvalue weighted by Gasteiger charge is 2.26. The van der Waals surface area contributed by atoms with E-state index in [0.717, 1.165) is 17.6 Å². The Morgan fingerprint density at radius 2 is 1.85 bits per heavy atom. The third-order valence-electron chi connectivity index (χ3n) is 3.34. The lowest BCUT2D eigenvalue weighted by Gasteiger charge is -2.03. The summed E-state index contributed by atoms with van der Waals surface area (Å²) in [6, 6.07) is 0. The molecular formula is C16H17N3O6S2. The number of nitrogens with one attached hydrogen (secondary N) is 2. The Balaban J connectivity index is 2.56. The zero-order valence-electron chi connectivity index (χ0n) is 14.7. The smallest absolute Gasteiger partial charge is 0.348 e. The molecule has 0 fully saturated rings. The maximum absolute atomic E-state index is 12.3. The fourth-order valence-corrected chi connectivity index (χ4v) is 3.38. The van der Waals surface area contributed by atoms with Gasteiger partial charge in [0.05, 0.1) is 13.2 Å². The number of carbonyl (C=O) groups is 2. The van der Waals surface area contributed by atoms with Gasteiger partial charge in [0, 0.05) is 6.21 Å². The van der Waals surface area contributed by atoms with E-state index in [2.05, 4.69) is 15.0 Å². The van der Waals surface area contributed by atoms with Crippen LogP contribution in [0.1, 0.15) is 45.0 Å². The van der Waals surface area contributed by atoms with E-state index in [0.29, 0.717) is 5.56 Å². The van der Waals surface area contributed by atoms with Gasteiger partial charge in [-0.05, 0) is 38.6 Å².